The lowest BCUT2D eigenvalue weighted by Gasteiger charge is -2.30. The predicted molar refractivity (Wildman–Crippen MR) is 75.1 cm³/mol. The minimum absolute atomic E-state index is 0.0283. The van der Waals surface area contributed by atoms with Gasteiger partial charge >= 0.3 is 0 Å². The van der Waals surface area contributed by atoms with Crippen LogP contribution < -0.4 is 0 Å². The van der Waals surface area contributed by atoms with Crippen LogP contribution in [0.1, 0.15) is 42.6 Å². The number of carbonyl (C=O) groups is 1. The second-order valence-electron chi connectivity index (χ2n) is 4.41. The summed E-state index contributed by atoms with van der Waals surface area (Å²) in [5, 5.41) is 0. The molecule has 0 radical (unpaired) electrons. The van der Waals surface area contributed by atoms with E-state index in [0.717, 1.165) is 18.4 Å². The van der Waals surface area contributed by atoms with Gasteiger partial charge in [0.25, 0.3) is 5.91 Å². The van der Waals surface area contributed by atoms with Crippen molar-refractivity contribution in [2.45, 2.75) is 39.7 Å². The maximum Gasteiger partial charge on any atom is 0.255 e. The highest BCUT2D eigenvalue weighted by Crippen LogP contribution is 2.14. The maximum atomic E-state index is 12.5. The molecule has 1 aromatic rings. The van der Waals surface area contributed by atoms with Crippen LogP contribution in [0.2, 0.25) is 0 Å². The quantitative estimate of drug-likeness (QED) is 0.742. The average Bonchev–Trinajstić information content (AvgIpc) is 2.38. The summed E-state index contributed by atoms with van der Waals surface area (Å²) in [6, 6.07) is 2.12. The van der Waals surface area contributed by atoms with E-state index in [1.807, 2.05) is 17.9 Å². The van der Waals surface area contributed by atoms with Crippen molar-refractivity contribution in [2.24, 2.45) is 0 Å². The largest absolute Gasteiger partial charge is 0.334 e. The molecule has 0 saturated heterocycles. The van der Waals surface area contributed by atoms with Gasteiger partial charge in [-0.2, -0.15) is 0 Å². The summed E-state index contributed by atoms with van der Waals surface area (Å²) in [6.45, 7) is 6.71. The second-order valence-corrected chi connectivity index (χ2v) is 4.79. The highest BCUT2D eigenvalue weighted by atomic mass is 35.5. The highest BCUT2D eigenvalue weighted by Gasteiger charge is 2.21. The highest BCUT2D eigenvalue weighted by molar-refractivity contribution is 6.18. The van der Waals surface area contributed by atoms with E-state index < -0.39 is 0 Å². The lowest BCUT2D eigenvalue weighted by atomic mass is 10.1. The van der Waals surface area contributed by atoms with E-state index in [4.69, 9.17) is 11.6 Å². The Hall–Kier alpha value is -1.09. The zero-order valence-electron chi connectivity index (χ0n) is 11.3. The topological polar surface area (TPSA) is 33.2 Å². The predicted octanol–water partition coefficient (Wildman–Crippen LogP) is 3.26. The normalized spacial score (nSPS) is 10.7. The fourth-order valence-electron chi connectivity index (χ4n) is 2.11. The molecule has 0 aliphatic carbocycles. The molecule has 0 spiro atoms. The number of nitrogens with zero attached hydrogens (tertiary/aromatic N) is 2. The number of carbonyl (C=O) groups excluding carboxylic acids is 1. The van der Waals surface area contributed by atoms with E-state index in [9.17, 15) is 4.79 Å². The standard InChI is InChI=1S/C14H21ClN2O/c1-4-13(5-2)17(7-6-15)14(18)12-8-11(3)9-16-10-12/h8-10,13H,4-7H2,1-3H3. The molecule has 1 amide bonds. The van der Waals surface area contributed by atoms with Crippen LogP contribution in [0.4, 0.5) is 0 Å². The van der Waals surface area contributed by atoms with Crippen molar-refractivity contribution in [3.05, 3.63) is 29.6 Å². The first-order valence-corrected chi connectivity index (χ1v) is 6.96. The van der Waals surface area contributed by atoms with E-state index in [2.05, 4.69) is 18.8 Å². The van der Waals surface area contributed by atoms with Gasteiger partial charge < -0.3 is 4.90 Å². The Labute approximate surface area is 114 Å². The maximum absolute atomic E-state index is 12.5. The number of hydrogen-bond acceptors (Lipinski definition) is 2. The zero-order chi connectivity index (χ0) is 13.5. The summed E-state index contributed by atoms with van der Waals surface area (Å²) >= 11 is 5.81. The van der Waals surface area contributed by atoms with E-state index in [0.29, 0.717) is 18.0 Å². The summed E-state index contributed by atoms with van der Waals surface area (Å²) in [6.07, 6.45) is 5.26. The summed E-state index contributed by atoms with van der Waals surface area (Å²) < 4.78 is 0. The molecule has 18 heavy (non-hydrogen) atoms. The van der Waals surface area contributed by atoms with Crippen molar-refractivity contribution in [3.8, 4) is 0 Å². The fourth-order valence-corrected chi connectivity index (χ4v) is 2.29. The molecule has 0 aliphatic heterocycles. The number of hydrogen-bond donors (Lipinski definition) is 0. The smallest absolute Gasteiger partial charge is 0.255 e. The molecule has 3 nitrogen and oxygen atoms in total. The van der Waals surface area contributed by atoms with E-state index >= 15 is 0 Å². The number of aryl methyl sites for hydroxylation is 1. The number of amides is 1. The fraction of sp³-hybridized carbons (Fsp3) is 0.571. The Morgan fingerprint density at radius 1 is 1.39 bits per heavy atom. The van der Waals surface area contributed by atoms with Crippen LogP contribution in [0.3, 0.4) is 0 Å². The Morgan fingerprint density at radius 3 is 2.56 bits per heavy atom. The molecule has 0 aliphatic rings. The molecular weight excluding hydrogens is 248 g/mol. The minimum atomic E-state index is 0.0283. The molecule has 100 valence electrons. The first kappa shape index (κ1) is 15.0. The van der Waals surface area contributed by atoms with Crippen LogP contribution in [-0.4, -0.2) is 34.3 Å². The molecular formula is C14H21ClN2O. The molecule has 0 bridgehead atoms. The number of rotatable bonds is 6. The molecule has 1 heterocycles. The van der Waals surface area contributed by atoms with E-state index in [1.165, 1.54) is 0 Å². The number of aromatic nitrogens is 1. The van der Waals surface area contributed by atoms with E-state index in [1.54, 1.807) is 12.4 Å². The molecule has 4 heteroatoms. The van der Waals surface area contributed by atoms with Crippen LogP contribution in [0.15, 0.2) is 18.5 Å². The van der Waals surface area contributed by atoms with Crippen molar-refractivity contribution in [1.29, 1.82) is 0 Å². The van der Waals surface area contributed by atoms with Crippen molar-refractivity contribution >= 4 is 17.5 Å². The SMILES string of the molecule is CCC(CC)N(CCCl)C(=O)c1cncc(C)c1. The minimum Gasteiger partial charge on any atom is -0.334 e. The van der Waals surface area contributed by atoms with Crippen LogP contribution in [0.25, 0.3) is 0 Å². The number of pyridine rings is 1. The summed E-state index contributed by atoms with van der Waals surface area (Å²) in [7, 11) is 0. The Balaban J connectivity index is 2.95. The molecule has 0 aromatic carbocycles. The van der Waals surface area contributed by atoms with Crippen molar-refractivity contribution in [2.75, 3.05) is 12.4 Å². The third kappa shape index (κ3) is 3.70. The lowest BCUT2D eigenvalue weighted by molar-refractivity contribution is 0.0681. The van der Waals surface area contributed by atoms with Gasteiger partial charge in [0.05, 0.1) is 5.56 Å². The van der Waals surface area contributed by atoms with Crippen LogP contribution in [-0.2, 0) is 0 Å². The number of alkyl halides is 1. The molecule has 0 fully saturated rings. The Morgan fingerprint density at radius 2 is 2.06 bits per heavy atom. The average molecular weight is 269 g/mol. The third-order valence-electron chi connectivity index (χ3n) is 3.09. The first-order chi connectivity index (χ1) is 8.63. The van der Waals surface area contributed by atoms with Gasteiger partial charge in [-0.1, -0.05) is 13.8 Å². The summed E-state index contributed by atoms with van der Waals surface area (Å²) in [5.41, 5.74) is 1.64. The Kier molecular flexibility index (Phi) is 6.13. The lowest BCUT2D eigenvalue weighted by Crippen LogP contribution is -2.41. The van der Waals surface area contributed by atoms with Gasteiger partial charge in [0.2, 0.25) is 0 Å². The second kappa shape index (κ2) is 7.37. The number of halogens is 1. The van der Waals surface area contributed by atoms with Crippen molar-refractivity contribution < 1.29 is 4.79 Å². The van der Waals surface area contributed by atoms with E-state index in [-0.39, 0.29) is 11.9 Å². The van der Waals surface area contributed by atoms with Crippen LogP contribution >= 0.6 is 11.6 Å². The Bertz CT molecular complexity index is 391. The van der Waals surface area contributed by atoms with Crippen LogP contribution in [0.5, 0.6) is 0 Å². The van der Waals surface area contributed by atoms with Crippen molar-refractivity contribution in [3.63, 3.8) is 0 Å². The van der Waals surface area contributed by atoms with Crippen LogP contribution in [0, 0.1) is 6.92 Å². The van der Waals surface area contributed by atoms with Crippen molar-refractivity contribution in [1.82, 2.24) is 9.88 Å². The zero-order valence-corrected chi connectivity index (χ0v) is 12.1. The van der Waals surface area contributed by atoms with Gasteiger partial charge in [0, 0.05) is 30.9 Å². The van der Waals surface area contributed by atoms with Gasteiger partial charge in [-0.3, -0.25) is 9.78 Å². The van der Waals surface area contributed by atoms with Gasteiger partial charge in [-0.05, 0) is 31.4 Å². The molecule has 1 aromatic heterocycles. The van der Waals surface area contributed by atoms with Gasteiger partial charge in [-0.15, -0.1) is 11.6 Å². The monoisotopic (exact) mass is 268 g/mol. The third-order valence-corrected chi connectivity index (χ3v) is 3.26. The molecule has 0 saturated carbocycles. The first-order valence-electron chi connectivity index (χ1n) is 6.42. The summed E-state index contributed by atoms with van der Waals surface area (Å²) in [5.74, 6) is 0.488. The molecule has 0 N–H and O–H groups in total. The van der Waals surface area contributed by atoms with Gasteiger partial charge in [0.15, 0.2) is 0 Å². The molecule has 0 atom stereocenters. The molecule has 0 unspecified atom stereocenters. The molecule has 1 rings (SSSR count). The van der Waals surface area contributed by atoms with Gasteiger partial charge in [-0.25, -0.2) is 0 Å². The summed E-state index contributed by atoms with van der Waals surface area (Å²) in [4.78, 5) is 18.4. The van der Waals surface area contributed by atoms with Gasteiger partial charge in [0.1, 0.15) is 0 Å².